The first-order valence-corrected chi connectivity index (χ1v) is 6.05. The highest BCUT2D eigenvalue weighted by molar-refractivity contribution is 6.05. The summed E-state index contributed by atoms with van der Waals surface area (Å²) in [6.45, 7) is 4.92. The van der Waals surface area contributed by atoms with E-state index >= 15 is 0 Å². The molecule has 2 amide bonds. The van der Waals surface area contributed by atoms with Gasteiger partial charge in [-0.25, -0.2) is 0 Å². The molecule has 0 radical (unpaired) electrons. The van der Waals surface area contributed by atoms with Crippen molar-refractivity contribution in [1.29, 1.82) is 0 Å². The van der Waals surface area contributed by atoms with Crippen molar-refractivity contribution in [3.8, 4) is 0 Å². The van der Waals surface area contributed by atoms with E-state index in [2.05, 4.69) is 13.8 Å². The largest absolute Gasteiger partial charge is 0.383 e. The van der Waals surface area contributed by atoms with Gasteiger partial charge >= 0.3 is 0 Å². The molecule has 1 heterocycles. The number of methoxy groups -OCH3 is 1. The van der Waals surface area contributed by atoms with Gasteiger partial charge in [-0.3, -0.25) is 14.5 Å². The van der Waals surface area contributed by atoms with Crippen molar-refractivity contribution in [2.45, 2.75) is 26.7 Å². The van der Waals surface area contributed by atoms with Crippen LogP contribution in [-0.2, 0) is 14.3 Å². The topological polar surface area (TPSA) is 46.6 Å². The van der Waals surface area contributed by atoms with Crippen molar-refractivity contribution in [2.24, 2.45) is 11.8 Å². The minimum Gasteiger partial charge on any atom is -0.383 e. The molecule has 0 aromatic carbocycles. The van der Waals surface area contributed by atoms with Crippen LogP contribution in [0.25, 0.3) is 0 Å². The number of hydrogen-bond acceptors (Lipinski definition) is 3. The third kappa shape index (κ3) is 2.02. The molecule has 94 valence electrons. The number of carbonyl (C=O) groups is 2. The molecule has 1 aliphatic heterocycles. The van der Waals surface area contributed by atoms with E-state index < -0.39 is 0 Å². The van der Waals surface area contributed by atoms with Crippen molar-refractivity contribution in [1.82, 2.24) is 4.90 Å². The summed E-state index contributed by atoms with van der Waals surface area (Å²) in [5.74, 6) is -0.265. The summed E-state index contributed by atoms with van der Waals surface area (Å²) in [7, 11) is 1.58. The Bertz CT molecular complexity index is 354. The standard InChI is InChI=1S/C13H19NO3/c1-8-6-10-11(7-9(8)2)13(16)14(12(10)15)4-5-17-3/h10-11H,4-7H2,1-3H3/t10-,11-/m0/s1. The molecule has 2 rings (SSSR count). The second-order valence-electron chi connectivity index (χ2n) is 5.00. The molecule has 4 heteroatoms. The molecular weight excluding hydrogens is 218 g/mol. The molecule has 2 atom stereocenters. The fraction of sp³-hybridized carbons (Fsp3) is 0.692. The van der Waals surface area contributed by atoms with Crippen LogP contribution in [0.2, 0.25) is 0 Å². The molecular formula is C13H19NO3. The Labute approximate surface area is 102 Å². The molecule has 17 heavy (non-hydrogen) atoms. The van der Waals surface area contributed by atoms with Crippen LogP contribution in [0.1, 0.15) is 26.7 Å². The van der Waals surface area contributed by atoms with Gasteiger partial charge in [-0.1, -0.05) is 11.1 Å². The van der Waals surface area contributed by atoms with Crippen molar-refractivity contribution < 1.29 is 14.3 Å². The monoisotopic (exact) mass is 237 g/mol. The van der Waals surface area contributed by atoms with Crippen LogP contribution in [0.4, 0.5) is 0 Å². The van der Waals surface area contributed by atoms with Gasteiger partial charge in [0, 0.05) is 7.11 Å². The predicted octanol–water partition coefficient (Wildman–Crippen LogP) is 1.36. The van der Waals surface area contributed by atoms with Gasteiger partial charge < -0.3 is 4.74 Å². The fourth-order valence-corrected chi connectivity index (χ4v) is 2.72. The second kappa shape index (κ2) is 4.61. The van der Waals surface area contributed by atoms with E-state index in [0.717, 1.165) is 12.8 Å². The normalized spacial score (nSPS) is 29.0. The van der Waals surface area contributed by atoms with Crippen LogP contribution in [-0.4, -0.2) is 37.0 Å². The lowest BCUT2D eigenvalue weighted by Crippen LogP contribution is -2.34. The SMILES string of the molecule is COCCN1C(=O)[C@H]2CC(C)=C(C)C[C@@H]2C1=O. The summed E-state index contributed by atoms with van der Waals surface area (Å²) in [4.78, 5) is 25.7. The molecule has 0 unspecified atom stereocenters. The Morgan fingerprint density at radius 3 is 2.00 bits per heavy atom. The second-order valence-corrected chi connectivity index (χ2v) is 5.00. The van der Waals surface area contributed by atoms with E-state index in [1.165, 1.54) is 16.0 Å². The van der Waals surface area contributed by atoms with Gasteiger partial charge in [0.2, 0.25) is 11.8 Å². The number of ether oxygens (including phenoxy) is 1. The highest BCUT2D eigenvalue weighted by Gasteiger charge is 2.48. The lowest BCUT2D eigenvalue weighted by atomic mass is 9.78. The number of nitrogens with zero attached hydrogens (tertiary/aromatic N) is 1. The number of allylic oxidation sites excluding steroid dienone is 2. The maximum Gasteiger partial charge on any atom is 0.233 e. The van der Waals surface area contributed by atoms with Crippen LogP contribution in [0.3, 0.4) is 0 Å². The number of hydrogen-bond donors (Lipinski definition) is 0. The van der Waals surface area contributed by atoms with Crippen LogP contribution in [0, 0.1) is 11.8 Å². The number of imide groups is 1. The number of amides is 2. The highest BCUT2D eigenvalue weighted by Crippen LogP contribution is 2.40. The minimum absolute atomic E-state index is 0.0103. The fourth-order valence-electron chi connectivity index (χ4n) is 2.72. The third-order valence-corrected chi connectivity index (χ3v) is 3.95. The van der Waals surface area contributed by atoms with Gasteiger partial charge in [0.15, 0.2) is 0 Å². The van der Waals surface area contributed by atoms with E-state index in [0.29, 0.717) is 13.2 Å². The Morgan fingerprint density at radius 1 is 1.12 bits per heavy atom. The van der Waals surface area contributed by atoms with Crippen LogP contribution in [0.5, 0.6) is 0 Å². The lowest BCUT2D eigenvalue weighted by molar-refractivity contribution is -0.140. The zero-order valence-electron chi connectivity index (χ0n) is 10.7. The zero-order valence-corrected chi connectivity index (χ0v) is 10.7. The van der Waals surface area contributed by atoms with E-state index in [-0.39, 0.29) is 23.7 Å². The average molecular weight is 237 g/mol. The summed E-state index contributed by atoms with van der Waals surface area (Å²) in [6, 6.07) is 0. The molecule has 4 nitrogen and oxygen atoms in total. The molecule has 0 spiro atoms. The van der Waals surface area contributed by atoms with Crippen molar-refractivity contribution in [3.05, 3.63) is 11.1 Å². The van der Waals surface area contributed by atoms with Crippen LogP contribution >= 0.6 is 0 Å². The highest BCUT2D eigenvalue weighted by atomic mass is 16.5. The summed E-state index contributed by atoms with van der Waals surface area (Å²) < 4.78 is 4.94. The molecule has 1 aliphatic carbocycles. The molecule has 0 N–H and O–H groups in total. The first kappa shape index (κ1) is 12.3. The quantitative estimate of drug-likeness (QED) is 0.550. The first-order valence-electron chi connectivity index (χ1n) is 6.05. The average Bonchev–Trinajstić information content (AvgIpc) is 2.51. The Balaban J connectivity index is 2.16. The van der Waals surface area contributed by atoms with Gasteiger partial charge in [-0.2, -0.15) is 0 Å². The summed E-state index contributed by atoms with van der Waals surface area (Å²) >= 11 is 0. The summed E-state index contributed by atoms with van der Waals surface area (Å²) in [6.07, 6.45) is 1.48. The predicted molar refractivity (Wildman–Crippen MR) is 63.2 cm³/mol. The lowest BCUT2D eigenvalue weighted by Gasteiger charge is -2.23. The van der Waals surface area contributed by atoms with Gasteiger partial charge in [0.05, 0.1) is 25.0 Å². The molecule has 1 saturated heterocycles. The Hall–Kier alpha value is -1.16. The third-order valence-electron chi connectivity index (χ3n) is 3.95. The smallest absolute Gasteiger partial charge is 0.233 e. The molecule has 0 bridgehead atoms. The van der Waals surface area contributed by atoms with Crippen LogP contribution in [0.15, 0.2) is 11.1 Å². The van der Waals surface area contributed by atoms with E-state index in [4.69, 9.17) is 4.74 Å². The maximum atomic E-state index is 12.1. The van der Waals surface area contributed by atoms with E-state index in [9.17, 15) is 9.59 Å². The van der Waals surface area contributed by atoms with Gasteiger partial charge in [0.1, 0.15) is 0 Å². The first-order chi connectivity index (χ1) is 8.06. The summed E-state index contributed by atoms with van der Waals surface area (Å²) in [5.41, 5.74) is 2.53. The van der Waals surface area contributed by atoms with Crippen LogP contribution < -0.4 is 0 Å². The van der Waals surface area contributed by atoms with E-state index in [1.54, 1.807) is 7.11 Å². The van der Waals surface area contributed by atoms with Gasteiger partial charge in [-0.15, -0.1) is 0 Å². The Morgan fingerprint density at radius 2 is 1.59 bits per heavy atom. The zero-order chi connectivity index (χ0) is 12.6. The summed E-state index contributed by atoms with van der Waals surface area (Å²) in [5, 5.41) is 0. The Kier molecular flexibility index (Phi) is 3.33. The van der Waals surface area contributed by atoms with Gasteiger partial charge in [-0.05, 0) is 26.7 Å². The van der Waals surface area contributed by atoms with Crippen molar-refractivity contribution in [2.75, 3.05) is 20.3 Å². The molecule has 0 aromatic rings. The molecule has 2 aliphatic rings. The minimum atomic E-state index is -0.122. The molecule has 0 saturated carbocycles. The maximum absolute atomic E-state index is 12.1. The van der Waals surface area contributed by atoms with E-state index in [1.807, 2.05) is 0 Å². The number of likely N-dealkylation sites (tertiary alicyclic amines) is 1. The molecule has 1 fully saturated rings. The van der Waals surface area contributed by atoms with Gasteiger partial charge in [0.25, 0.3) is 0 Å². The number of carbonyl (C=O) groups excluding carboxylic acids is 2. The molecule has 0 aromatic heterocycles. The van der Waals surface area contributed by atoms with Crippen molar-refractivity contribution in [3.63, 3.8) is 0 Å². The number of fused-ring (bicyclic) bond motifs is 1. The number of rotatable bonds is 3. The van der Waals surface area contributed by atoms with Crippen molar-refractivity contribution >= 4 is 11.8 Å².